The quantitative estimate of drug-likeness (QED) is 0.202. The maximum absolute atomic E-state index is 7.02. The van der Waals surface area contributed by atoms with Crippen molar-refractivity contribution in [1.29, 1.82) is 0 Å². The first kappa shape index (κ1) is 24.6. The maximum atomic E-state index is 7.02. The summed E-state index contributed by atoms with van der Waals surface area (Å²) in [6, 6.07) is 42.4. The minimum Gasteiger partial charge on any atom is -0.0836 e. The SMILES string of the molecule is CC1(C)c2ccccc2-c2cccc(-c3ccc4c(Cl)cc(-c5cccc6c5C(C)(C)c5ccccc5-6)cc4c3)c21. The number of rotatable bonds is 2. The third kappa shape index (κ3) is 3.35. The Morgan fingerprint density at radius 1 is 0.439 bits per heavy atom. The lowest BCUT2D eigenvalue weighted by Gasteiger charge is -2.25. The molecule has 198 valence electrons. The van der Waals surface area contributed by atoms with E-state index in [9.17, 15) is 0 Å². The Morgan fingerprint density at radius 3 is 1.49 bits per heavy atom. The van der Waals surface area contributed by atoms with Gasteiger partial charge in [-0.2, -0.15) is 0 Å². The van der Waals surface area contributed by atoms with Crippen molar-refractivity contribution in [2.24, 2.45) is 0 Å². The molecule has 2 aliphatic carbocycles. The van der Waals surface area contributed by atoms with Gasteiger partial charge in [-0.05, 0) is 90.3 Å². The lowest BCUT2D eigenvalue weighted by atomic mass is 9.78. The number of halogens is 1. The summed E-state index contributed by atoms with van der Waals surface area (Å²) < 4.78 is 0. The van der Waals surface area contributed by atoms with E-state index in [4.69, 9.17) is 11.6 Å². The largest absolute Gasteiger partial charge is 0.0836 e. The number of benzene rings is 6. The second kappa shape index (κ2) is 8.44. The molecular weight excluding hydrogens is 516 g/mol. The molecule has 0 atom stereocenters. The summed E-state index contributed by atoms with van der Waals surface area (Å²) in [4.78, 5) is 0. The average molecular weight is 547 g/mol. The highest BCUT2D eigenvalue weighted by Crippen LogP contribution is 2.54. The standard InChI is InChI=1S/C40H31Cl/c1-39(2)34-17-7-5-11-30(34)32-15-9-13-28(37(32)39)24-19-20-27-25(21-24)22-26(23-36(27)41)29-14-10-16-33-31-12-6-8-18-35(31)40(3,4)38(29)33/h5-23H,1-4H3. The van der Waals surface area contributed by atoms with Crippen LogP contribution in [0.25, 0.3) is 55.3 Å². The molecule has 0 spiro atoms. The highest BCUT2D eigenvalue weighted by atomic mass is 35.5. The molecule has 0 radical (unpaired) electrons. The van der Waals surface area contributed by atoms with Gasteiger partial charge in [0.05, 0.1) is 0 Å². The average Bonchev–Trinajstić information content (AvgIpc) is 3.37. The molecule has 0 aliphatic heterocycles. The molecule has 41 heavy (non-hydrogen) atoms. The third-order valence-corrected chi connectivity index (χ3v) is 10.00. The molecule has 0 nitrogen and oxygen atoms in total. The lowest BCUT2D eigenvalue weighted by Crippen LogP contribution is -2.16. The lowest BCUT2D eigenvalue weighted by molar-refractivity contribution is 0.662. The minimum atomic E-state index is -0.0863. The van der Waals surface area contributed by atoms with Gasteiger partial charge in [-0.25, -0.2) is 0 Å². The molecule has 0 saturated carbocycles. The maximum Gasteiger partial charge on any atom is 0.0490 e. The molecule has 6 aromatic carbocycles. The Morgan fingerprint density at radius 2 is 0.902 bits per heavy atom. The second-order valence-corrected chi connectivity index (χ2v) is 13.1. The Kier molecular flexibility index (Phi) is 5.08. The van der Waals surface area contributed by atoms with Gasteiger partial charge in [-0.3, -0.25) is 0 Å². The smallest absolute Gasteiger partial charge is 0.0490 e. The van der Waals surface area contributed by atoms with Crippen LogP contribution in [0.1, 0.15) is 49.9 Å². The van der Waals surface area contributed by atoms with Crippen LogP contribution in [0.4, 0.5) is 0 Å². The molecule has 0 unspecified atom stereocenters. The van der Waals surface area contributed by atoms with Gasteiger partial charge in [0.25, 0.3) is 0 Å². The molecule has 0 amide bonds. The van der Waals surface area contributed by atoms with E-state index in [0.29, 0.717) is 0 Å². The van der Waals surface area contributed by atoms with E-state index in [2.05, 4.69) is 143 Å². The van der Waals surface area contributed by atoms with Gasteiger partial charge >= 0.3 is 0 Å². The van der Waals surface area contributed by atoms with Crippen molar-refractivity contribution in [3.8, 4) is 44.5 Å². The molecule has 0 aromatic heterocycles. The van der Waals surface area contributed by atoms with Gasteiger partial charge in [0.1, 0.15) is 0 Å². The van der Waals surface area contributed by atoms with Crippen LogP contribution >= 0.6 is 11.6 Å². The molecule has 0 N–H and O–H groups in total. The summed E-state index contributed by atoms with van der Waals surface area (Å²) in [6.45, 7) is 9.40. The summed E-state index contributed by atoms with van der Waals surface area (Å²) in [5, 5.41) is 3.05. The highest BCUT2D eigenvalue weighted by Gasteiger charge is 2.38. The second-order valence-electron chi connectivity index (χ2n) is 12.7. The van der Waals surface area contributed by atoms with E-state index in [1.54, 1.807) is 0 Å². The number of hydrogen-bond donors (Lipinski definition) is 0. The van der Waals surface area contributed by atoms with E-state index in [-0.39, 0.29) is 10.8 Å². The molecule has 6 aromatic rings. The fraction of sp³-hybridized carbons (Fsp3) is 0.150. The van der Waals surface area contributed by atoms with Gasteiger partial charge < -0.3 is 0 Å². The molecule has 0 bridgehead atoms. The van der Waals surface area contributed by atoms with Gasteiger partial charge in [-0.1, -0.05) is 136 Å². The minimum absolute atomic E-state index is 0.0673. The van der Waals surface area contributed by atoms with Crippen molar-refractivity contribution >= 4 is 22.4 Å². The first-order valence-corrected chi connectivity index (χ1v) is 14.9. The van der Waals surface area contributed by atoms with Crippen molar-refractivity contribution in [3.05, 3.63) is 143 Å². The van der Waals surface area contributed by atoms with Crippen molar-refractivity contribution in [2.75, 3.05) is 0 Å². The summed E-state index contributed by atoms with van der Waals surface area (Å²) in [6.07, 6.45) is 0. The van der Waals surface area contributed by atoms with E-state index in [1.807, 2.05) is 0 Å². The Labute approximate surface area is 247 Å². The molecule has 0 fully saturated rings. The molecule has 2 aliphatic rings. The molecule has 8 rings (SSSR count). The van der Waals surface area contributed by atoms with Crippen molar-refractivity contribution in [3.63, 3.8) is 0 Å². The van der Waals surface area contributed by atoms with E-state index in [0.717, 1.165) is 10.4 Å². The predicted octanol–water partition coefficient (Wildman–Crippen LogP) is 11.4. The van der Waals surface area contributed by atoms with E-state index >= 15 is 0 Å². The Bertz CT molecular complexity index is 2050. The van der Waals surface area contributed by atoms with Gasteiger partial charge in [0, 0.05) is 21.2 Å². The Balaban J connectivity index is 1.32. The van der Waals surface area contributed by atoms with Crippen molar-refractivity contribution in [2.45, 2.75) is 38.5 Å². The van der Waals surface area contributed by atoms with Crippen LogP contribution in [0.2, 0.25) is 5.02 Å². The van der Waals surface area contributed by atoms with E-state index < -0.39 is 0 Å². The van der Waals surface area contributed by atoms with Gasteiger partial charge in [0.2, 0.25) is 0 Å². The summed E-state index contributed by atoms with van der Waals surface area (Å²) in [5.74, 6) is 0. The topological polar surface area (TPSA) is 0 Å². The van der Waals surface area contributed by atoms with Crippen LogP contribution in [-0.2, 0) is 10.8 Å². The zero-order valence-corrected chi connectivity index (χ0v) is 24.6. The van der Waals surface area contributed by atoms with E-state index in [1.165, 1.54) is 72.1 Å². The summed E-state index contributed by atoms with van der Waals surface area (Å²) in [5.41, 5.74) is 15.7. The monoisotopic (exact) mass is 546 g/mol. The third-order valence-electron chi connectivity index (χ3n) is 9.68. The van der Waals surface area contributed by atoms with Crippen LogP contribution < -0.4 is 0 Å². The molecule has 1 heteroatoms. The molecule has 0 heterocycles. The van der Waals surface area contributed by atoms with Crippen LogP contribution in [0.15, 0.2) is 115 Å². The fourth-order valence-corrected chi connectivity index (χ4v) is 8.11. The molecule has 0 saturated heterocycles. The van der Waals surface area contributed by atoms with Crippen LogP contribution in [0.5, 0.6) is 0 Å². The van der Waals surface area contributed by atoms with Gasteiger partial charge in [0.15, 0.2) is 0 Å². The zero-order valence-electron chi connectivity index (χ0n) is 23.8. The molecular formula is C40H31Cl. The first-order chi connectivity index (χ1) is 19.8. The Hall–Kier alpha value is -4.13. The van der Waals surface area contributed by atoms with Crippen LogP contribution in [0, 0.1) is 0 Å². The summed E-state index contributed by atoms with van der Waals surface area (Å²) >= 11 is 7.02. The van der Waals surface area contributed by atoms with Crippen molar-refractivity contribution < 1.29 is 0 Å². The number of hydrogen-bond acceptors (Lipinski definition) is 0. The fourth-order valence-electron chi connectivity index (χ4n) is 7.82. The highest BCUT2D eigenvalue weighted by molar-refractivity contribution is 6.36. The normalized spacial score (nSPS) is 15.3. The van der Waals surface area contributed by atoms with Gasteiger partial charge in [-0.15, -0.1) is 0 Å². The first-order valence-electron chi connectivity index (χ1n) is 14.5. The predicted molar refractivity (Wildman–Crippen MR) is 175 cm³/mol. The summed E-state index contributed by atoms with van der Waals surface area (Å²) in [7, 11) is 0. The van der Waals surface area contributed by atoms with Crippen molar-refractivity contribution in [1.82, 2.24) is 0 Å². The van der Waals surface area contributed by atoms with Crippen LogP contribution in [-0.4, -0.2) is 0 Å². The van der Waals surface area contributed by atoms with Crippen LogP contribution in [0.3, 0.4) is 0 Å². The zero-order chi connectivity index (χ0) is 28.1. The number of fused-ring (bicyclic) bond motifs is 7.